The highest BCUT2D eigenvalue weighted by molar-refractivity contribution is 5.97. The maximum atomic E-state index is 14.7. The molecule has 7 heteroatoms. The Balaban J connectivity index is 0.00000243. The van der Waals surface area contributed by atoms with E-state index in [1.807, 2.05) is 13.0 Å². The Morgan fingerprint density at radius 2 is 2.15 bits per heavy atom. The third-order valence-corrected chi connectivity index (χ3v) is 5.05. The second-order valence-corrected chi connectivity index (χ2v) is 6.83. The molecule has 2 aliphatic rings. The standard InChI is InChI=1S/C19H26FN3O2.ClH/c1-2-5-17(24)23-11-4-3-6-16(23)19(25)22-15-8-7-13-12-21-10-9-14(13)18(15)20;/h7-8,16,21H,2-6,9-12H2,1H3,(H,22,25);1H. The first-order chi connectivity index (χ1) is 12.1. The van der Waals surface area contributed by atoms with Crippen molar-refractivity contribution in [2.45, 2.75) is 58.0 Å². The van der Waals surface area contributed by atoms with Gasteiger partial charge >= 0.3 is 0 Å². The van der Waals surface area contributed by atoms with Crippen LogP contribution in [0.2, 0.25) is 0 Å². The molecular formula is C19H27ClFN3O2. The molecule has 0 spiro atoms. The average Bonchev–Trinajstić information content (AvgIpc) is 2.64. The molecule has 1 fully saturated rings. The summed E-state index contributed by atoms with van der Waals surface area (Å²) in [6, 6.07) is 2.99. The van der Waals surface area contributed by atoms with Gasteiger partial charge in [0.25, 0.3) is 0 Å². The summed E-state index contributed by atoms with van der Waals surface area (Å²) in [7, 11) is 0. The Morgan fingerprint density at radius 3 is 2.92 bits per heavy atom. The molecule has 2 amide bonds. The van der Waals surface area contributed by atoms with Crippen molar-refractivity contribution in [2.75, 3.05) is 18.4 Å². The number of hydrogen-bond acceptors (Lipinski definition) is 3. The van der Waals surface area contributed by atoms with Crippen LogP contribution in [0.4, 0.5) is 10.1 Å². The highest BCUT2D eigenvalue weighted by Gasteiger charge is 2.32. The zero-order valence-corrected chi connectivity index (χ0v) is 16.0. The fraction of sp³-hybridized carbons (Fsp3) is 0.579. The first-order valence-electron chi connectivity index (χ1n) is 9.23. The minimum atomic E-state index is -0.495. The fourth-order valence-electron chi connectivity index (χ4n) is 3.71. The molecule has 1 atom stereocenters. The molecule has 144 valence electrons. The maximum Gasteiger partial charge on any atom is 0.247 e. The first-order valence-corrected chi connectivity index (χ1v) is 9.23. The molecule has 1 saturated heterocycles. The monoisotopic (exact) mass is 383 g/mol. The number of amides is 2. The van der Waals surface area contributed by atoms with Crippen molar-refractivity contribution in [1.29, 1.82) is 0 Å². The Bertz CT molecular complexity index is 668. The number of halogens is 2. The van der Waals surface area contributed by atoms with E-state index in [9.17, 15) is 14.0 Å². The van der Waals surface area contributed by atoms with Crippen LogP contribution in [0.3, 0.4) is 0 Å². The van der Waals surface area contributed by atoms with Gasteiger partial charge in [-0.15, -0.1) is 12.4 Å². The van der Waals surface area contributed by atoms with Crippen LogP contribution in [0, 0.1) is 5.82 Å². The molecule has 26 heavy (non-hydrogen) atoms. The van der Waals surface area contributed by atoms with Crippen molar-refractivity contribution >= 4 is 29.9 Å². The number of carbonyl (C=O) groups excluding carboxylic acids is 2. The number of likely N-dealkylation sites (tertiary alicyclic amines) is 1. The summed E-state index contributed by atoms with van der Waals surface area (Å²) in [5.74, 6) is -0.606. The van der Waals surface area contributed by atoms with Gasteiger partial charge in [-0.2, -0.15) is 0 Å². The van der Waals surface area contributed by atoms with Gasteiger partial charge in [-0.25, -0.2) is 4.39 Å². The summed E-state index contributed by atoms with van der Waals surface area (Å²) in [6.45, 7) is 3.95. The molecule has 2 aliphatic heterocycles. The molecule has 0 aromatic heterocycles. The van der Waals surface area contributed by atoms with Crippen molar-refractivity contribution < 1.29 is 14.0 Å². The predicted molar refractivity (Wildman–Crippen MR) is 102 cm³/mol. The Morgan fingerprint density at radius 1 is 1.35 bits per heavy atom. The lowest BCUT2D eigenvalue weighted by Gasteiger charge is -2.35. The van der Waals surface area contributed by atoms with Gasteiger partial charge < -0.3 is 15.5 Å². The Labute approximate surface area is 160 Å². The van der Waals surface area contributed by atoms with Crippen molar-refractivity contribution in [2.24, 2.45) is 0 Å². The summed E-state index contributed by atoms with van der Waals surface area (Å²) in [6.07, 6.45) is 4.29. The number of hydrogen-bond donors (Lipinski definition) is 2. The van der Waals surface area contributed by atoms with Crippen LogP contribution >= 0.6 is 12.4 Å². The lowest BCUT2D eigenvalue weighted by atomic mass is 9.98. The van der Waals surface area contributed by atoms with Gasteiger partial charge in [0.05, 0.1) is 5.69 Å². The lowest BCUT2D eigenvalue weighted by Crippen LogP contribution is -2.50. The van der Waals surface area contributed by atoms with E-state index in [2.05, 4.69) is 10.6 Å². The third kappa shape index (κ3) is 4.35. The van der Waals surface area contributed by atoms with Crippen LogP contribution in [0.1, 0.15) is 50.2 Å². The number of anilines is 1. The molecule has 0 radical (unpaired) electrons. The fourth-order valence-corrected chi connectivity index (χ4v) is 3.71. The van der Waals surface area contributed by atoms with Crippen LogP contribution in [0.25, 0.3) is 0 Å². The zero-order valence-electron chi connectivity index (χ0n) is 15.1. The van der Waals surface area contributed by atoms with E-state index in [1.54, 1.807) is 11.0 Å². The van der Waals surface area contributed by atoms with Crippen LogP contribution in [0.15, 0.2) is 12.1 Å². The number of carbonyl (C=O) groups is 2. The Kier molecular flexibility index (Phi) is 7.41. The summed E-state index contributed by atoms with van der Waals surface area (Å²) in [4.78, 5) is 26.7. The number of fused-ring (bicyclic) bond motifs is 1. The smallest absolute Gasteiger partial charge is 0.247 e. The van der Waals surface area contributed by atoms with Gasteiger partial charge in [-0.3, -0.25) is 9.59 Å². The van der Waals surface area contributed by atoms with Crippen molar-refractivity contribution in [1.82, 2.24) is 10.2 Å². The average molecular weight is 384 g/mol. The van der Waals surface area contributed by atoms with Gasteiger partial charge in [0.1, 0.15) is 11.9 Å². The predicted octanol–water partition coefficient (Wildman–Crippen LogP) is 3.01. The van der Waals surface area contributed by atoms with E-state index in [-0.39, 0.29) is 35.7 Å². The number of benzene rings is 1. The molecule has 0 bridgehead atoms. The number of nitrogens with zero attached hydrogens (tertiary/aromatic N) is 1. The largest absolute Gasteiger partial charge is 0.331 e. The molecule has 2 heterocycles. The molecule has 0 saturated carbocycles. The van der Waals surface area contributed by atoms with Crippen LogP contribution in [-0.2, 0) is 22.6 Å². The van der Waals surface area contributed by atoms with Gasteiger partial charge in [0.15, 0.2) is 0 Å². The molecule has 1 aromatic rings. The van der Waals surface area contributed by atoms with Crippen molar-refractivity contribution in [3.63, 3.8) is 0 Å². The SMILES string of the molecule is CCCC(=O)N1CCCCC1C(=O)Nc1ccc2c(c1F)CCNC2.Cl. The highest BCUT2D eigenvalue weighted by Crippen LogP contribution is 2.26. The summed E-state index contributed by atoms with van der Waals surface area (Å²) in [5, 5.41) is 5.94. The minimum absolute atomic E-state index is 0. The molecule has 5 nitrogen and oxygen atoms in total. The van der Waals surface area contributed by atoms with Gasteiger partial charge in [-0.1, -0.05) is 13.0 Å². The molecule has 2 N–H and O–H groups in total. The number of piperidine rings is 1. The normalized spacial score (nSPS) is 19.3. The maximum absolute atomic E-state index is 14.7. The molecule has 0 aliphatic carbocycles. The Hall–Kier alpha value is -1.66. The van der Waals surface area contributed by atoms with Crippen molar-refractivity contribution in [3.8, 4) is 0 Å². The topological polar surface area (TPSA) is 61.4 Å². The summed E-state index contributed by atoms with van der Waals surface area (Å²) < 4.78 is 14.7. The van der Waals surface area contributed by atoms with Crippen molar-refractivity contribution in [3.05, 3.63) is 29.1 Å². The van der Waals surface area contributed by atoms with Crippen LogP contribution in [-0.4, -0.2) is 35.8 Å². The third-order valence-electron chi connectivity index (χ3n) is 5.05. The second-order valence-electron chi connectivity index (χ2n) is 6.83. The van der Waals surface area contributed by atoms with E-state index in [0.29, 0.717) is 37.9 Å². The molecular weight excluding hydrogens is 357 g/mol. The summed E-state index contributed by atoms with van der Waals surface area (Å²) >= 11 is 0. The quantitative estimate of drug-likeness (QED) is 0.840. The van der Waals surface area contributed by atoms with E-state index >= 15 is 0 Å². The second kappa shape index (κ2) is 9.33. The number of rotatable bonds is 4. The van der Waals surface area contributed by atoms with Crippen LogP contribution in [0.5, 0.6) is 0 Å². The summed E-state index contributed by atoms with van der Waals surface area (Å²) in [5.41, 5.74) is 1.84. The van der Waals surface area contributed by atoms with Crippen LogP contribution < -0.4 is 10.6 Å². The van der Waals surface area contributed by atoms with E-state index < -0.39 is 6.04 Å². The van der Waals surface area contributed by atoms with E-state index in [1.165, 1.54) is 0 Å². The molecule has 3 rings (SSSR count). The van der Waals surface area contributed by atoms with Gasteiger partial charge in [0, 0.05) is 19.5 Å². The molecule has 1 aromatic carbocycles. The number of nitrogens with one attached hydrogen (secondary N) is 2. The highest BCUT2D eigenvalue weighted by atomic mass is 35.5. The molecule has 1 unspecified atom stereocenters. The minimum Gasteiger partial charge on any atom is -0.331 e. The van der Waals surface area contributed by atoms with Gasteiger partial charge in [0.2, 0.25) is 11.8 Å². The van der Waals surface area contributed by atoms with E-state index in [4.69, 9.17) is 0 Å². The van der Waals surface area contributed by atoms with E-state index in [0.717, 1.165) is 31.4 Å². The first kappa shape index (κ1) is 20.6. The zero-order chi connectivity index (χ0) is 17.8. The van der Waals surface area contributed by atoms with Gasteiger partial charge in [-0.05, 0) is 55.8 Å². The lowest BCUT2D eigenvalue weighted by molar-refractivity contribution is -0.140.